The summed E-state index contributed by atoms with van der Waals surface area (Å²) in [7, 11) is 3.07. The molecule has 8 rings (SSSR count). The molecule has 0 bridgehead atoms. The van der Waals surface area contributed by atoms with Crippen LogP contribution < -0.4 is 20.1 Å². The van der Waals surface area contributed by atoms with Crippen molar-refractivity contribution >= 4 is 45.5 Å². The number of nitrogens with zero attached hydrogens (tertiary/aromatic N) is 2. The van der Waals surface area contributed by atoms with Gasteiger partial charge in [0.25, 0.3) is 0 Å². The Kier molecular flexibility index (Phi) is 16.1. The Bertz CT molecular complexity index is 2710. The van der Waals surface area contributed by atoms with Crippen LogP contribution in [0.15, 0.2) is 156 Å². The van der Waals surface area contributed by atoms with Gasteiger partial charge in [-0.3, -0.25) is 9.80 Å². The minimum absolute atomic E-state index is 0.0364. The maximum absolute atomic E-state index is 14.1. The van der Waals surface area contributed by atoms with Gasteiger partial charge < -0.3 is 39.1 Å². The zero-order chi connectivity index (χ0) is 49.0. The zero-order valence-electron chi connectivity index (χ0n) is 39.9. The first-order chi connectivity index (χ1) is 34.2. The summed E-state index contributed by atoms with van der Waals surface area (Å²) >= 11 is 0. The third-order valence-electron chi connectivity index (χ3n) is 12.5. The molecule has 6 aromatic carbocycles. The fourth-order valence-corrected chi connectivity index (χ4v) is 8.99. The average molecular weight is 947 g/mol. The largest absolute Gasteiger partial charge is 0.493 e. The van der Waals surface area contributed by atoms with E-state index in [1.165, 1.54) is 14.2 Å². The third kappa shape index (κ3) is 10.9. The van der Waals surface area contributed by atoms with Crippen LogP contribution in [0.1, 0.15) is 61.0 Å². The number of carbonyl (C=O) groups is 4. The number of esters is 2. The van der Waals surface area contributed by atoms with E-state index in [2.05, 4.69) is 10.6 Å². The standard InChI is InChI=1S/C56H58N4O10/c1-37-47(53(61)69-33-31-65-3)51(57-55(63)59(37)35-39-17-7-5-8-18-39)49-43-23-13-11-21-41(43)25-27-45(49)67-29-15-16-30-68-46-28-26-42-22-12-14-24-44(42)50(46)52-48(54(62)70-34-32-66-4)38(2)60(56(64)58-52)36-40-19-9-6-10-20-40/h5-14,17-28,51-52H,15-16,29-36H2,1-4H3,(H,57,63)(H,58,64). The summed E-state index contributed by atoms with van der Waals surface area (Å²) in [5, 5.41) is 9.71. The Morgan fingerprint density at radius 2 is 0.871 bits per heavy atom. The first kappa shape index (κ1) is 48.8. The van der Waals surface area contributed by atoms with Crippen LogP contribution in [-0.4, -0.2) is 87.7 Å². The number of ether oxygens (including phenoxy) is 6. The van der Waals surface area contributed by atoms with Crippen molar-refractivity contribution in [1.82, 2.24) is 20.4 Å². The molecule has 0 spiro atoms. The number of carbonyl (C=O) groups excluding carboxylic acids is 4. The monoisotopic (exact) mass is 946 g/mol. The lowest BCUT2D eigenvalue weighted by Gasteiger charge is -2.36. The molecule has 0 aliphatic carbocycles. The van der Waals surface area contributed by atoms with E-state index >= 15 is 0 Å². The summed E-state index contributed by atoms with van der Waals surface area (Å²) in [5.74, 6) is -0.121. The Morgan fingerprint density at radius 3 is 1.27 bits per heavy atom. The molecule has 2 aliphatic rings. The van der Waals surface area contributed by atoms with E-state index in [-0.39, 0.29) is 64.8 Å². The number of amides is 4. The molecule has 2 atom stereocenters. The quantitative estimate of drug-likeness (QED) is 0.0527. The number of nitrogens with one attached hydrogen (secondary N) is 2. The highest BCUT2D eigenvalue weighted by molar-refractivity contribution is 5.99. The smallest absolute Gasteiger partial charge is 0.338 e. The van der Waals surface area contributed by atoms with Crippen LogP contribution in [0.3, 0.4) is 0 Å². The molecular weight excluding hydrogens is 889 g/mol. The van der Waals surface area contributed by atoms with Gasteiger partial charge in [-0.1, -0.05) is 121 Å². The lowest BCUT2D eigenvalue weighted by atomic mass is 9.90. The van der Waals surface area contributed by atoms with Gasteiger partial charge in [-0.15, -0.1) is 0 Å². The number of rotatable bonds is 21. The number of urea groups is 2. The summed E-state index contributed by atoms with van der Waals surface area (Å²) in [6.07, 6.45) is 1.14. The van der Waals surface area contributed by atoms with Gasteiger partial charge in [0.2, 0.25) is 0 Å². The van der Waals surface area contributed by atoms with Gasteiger partial charge in [-0.25, -0.2) is 19.2 Å². The van der Waals surface area contributed by atoms with Gasteiger partial charge in [-0.05, 0) is 71.5 Å². The minimum Gasteiger partial charge on any atom is -0.493 e. The van der Waals surface area contributed by atoms with Crippen molar-refractivity contribution < 1.29 is 47.6 Å². The van der Waals surface area contributed by atoms with Gasteiger partial charge in [-0.2, -0.15) is 0 Å². The number of fused-ring (bicyclic) bond motifs is 2. The summed E-state index contributed by atoms with van der Waals surface area (Å²) in [6, 6.07) is 39.9. The van der Waals surface area contributed by atoms with E-state index in [9.17, 15) is 19.2 Å². The number of allylic oxidation sites excluding steroid dienone is 2. The number of unbranched alkanes of at least 4 members (excludes halogenated alkanes) is 1. The highest BCUT2D eigenvalue weighted by atomic mass is 16.6. The summed E-state index contributed by atoms with van der Waals surface area (Å²) in [4.78, 5) is 59.3. The van der Waals surface area contributed by atoms with E-state index in [4.69, 9.17) is 28.4 Å². The van der Waals surface area contributed by atoms with Crippen molar-refractivity contribution in [1.29, 1.82) is 0 Å². The molecule has 0 fully saturated rings. The van der Waals surface area contributed by atoms with Crippen LogP contribution in [0, 0.1) is 0 Å². The van der Waals surface area contributed by atoms with E-state index in [1.54, 1.807) is 23.6 Å². The SMILES string of the molecule is COCCOC(=O)C1=C(C)N(Cc2ccccc2)C(=O)NC1c1c(OCCCCOc2ccc3ccccc3c2C2NC(=O)N(Cc3ccccc3)C(C)=C2C(=O)OCCOC)ccc2ccccc12. The lowest BCUT2D eigenvalue weighted by molar-refractivity contribution is -0.141. The average Bonchev–Trinajstić information content (AvgIpc) is 3.37. The normalized spacial score (nSPS) is 16.1. The molecule has 6 aromatic rings. The molecule has 14 nitrogen and oxygen atoms in total. The molecule has 2 unspecified atom stereocenters. The molecule has 2 N–H and O–H groups in total. The second kappa shape index (κ2) is 23.1. The van der Waals surface area contributed by atoms with E-state index < -0.39 is 24.0 Å². The van der Waals surface area contributed by atoms with Crippen molar-refractivity contribution in [3.63, 3.8) is 0 Å². The van der Waals surface area contributed by atoms with Gasteiger partial charge in [0.05, 0.1) is 62.7 Å². The van der Waals surface area contributed by atoms with Crippen molar-refractivity contribution in [3.05, 3.63) is 178 Å². The fraction of sp³-hybridized carbons (Fsp3) is 0.286. The van der Waals surface area contributed by atoms with E-state index in [1.807, 2.05) is 133 Å². The van der Waals surface area contributed by atoms with Crippen molar-refractivity contribution in [2.24, 2.45) is 0 Å². The number of methoxy groups -OCH3 is 2. The number of hydrogen-bond acceptors (Lipinski definition) is 10. The molecule has 2 aliphatic heterocycles. The van der Waals surface area contributed by atoms with Gasteiger partial charge in [0.15, 0.2) is 0 Å². The Hall–Kier alpha value is -7.68. The third-order valence-corrected chi connectivity index (χ3v) is 12.5. The van der Waals surface area contributed by atoms with Gasteiger partial charge in [0.1, 0.15) is 24.7 Å². The van der Waals surface area contributed by atoms with Crippen LogP contribution in [-0.2, 0) is 41.6 Å². The molecular formula is C56H58N4O10. The molecule has 0 aromatic heterocycles. The van der Waals surface area contributed by atoms with Crippen molar-refractivity contribution in [3.8, 4) is 11.5 Å². The summed E-state index contributed by atoms with van der Waals surface area (Å²) in [5.41, 5.74) is 4.61. The molecule has 2 heterocycles. The lowest BCUT2D eigenvalue weighted by Crippen LogP contribution is -2.47. The number of benzene rings is 6. The van der Waals surface area contributed by atoms with Crippen LogP contribution in [0.4, 0.5) is 9.59 Å². The predicted octanol–water partition coefficient (Wildman–Crippen LogP) is 9.69. The summed E-state index contributed by atoms with van der Waals surface area (Å²) in [6.45, 7) is 5.11. The van der Waals surface area contributed by atoms with Crippen LogP contribution in [0.2, 0.25) is 0 Å². The van der Waals surface area contributed by atoms with Crippen LogP contribution in [0.5, 0.6) is 11.5 Å². The van der Waals surface area contributed by atoms with Crippen molar-refractivity contribution in [2.45, 2.75) is 51.9 Å². The first-order valence-corrected chi connectivity index (χ1v) is 23.4. The Balaban J connectivity index is 1.04. The second-order valence-corrected chi connectivity index (χ2v) is 17.0. The minimum atomic E-state index is -0.893. The maximum atomic E-state index is 14.1. The maximum Gasteiger partial charge on any atom is 0.338 e. The van der Waals surface area contributed by atoms with E-state index in [0.29, 0.717) is 58.0 Å². The molecule has 14 heteroatoms. The van der Waals surface area contributed by atoms with Gasteiger partial charge >= 0.3 is 24.0 Å². The van der Waals surface area contributed by atoms with Crippen LogP contribution in [0.25, 0.3) is 21.5 Å². The van der Waals surface area contributed by atoms with E-state index in [0.717, 1.165) is 32.7 Å². The highest BCUT2D eigenvalue weighted by Crippen LogP contribution is 2.43. The summed E-state index contributed by atoms with van der Waals surface area (Å²) < 4.78 is 34.9. The molecule has 0 radical (unpaired) electrons. The number of hydrogen-bond donors (Lipinski definition) is 2. The molecule has 70 heavy (non-hydrogen) atoms. The topological polar surface area (TPSA) is 154 Å². The molecule has 0 saturated carbocycles. The second-order valence-electron chi connectivity index (χ2n) is 17.0. The highest BCUT2D eigenvalue weighted by Gasteiger charge is 2.40. The first-order valence-electron chi connectivity index (χ1n) is 23.4. The fourth-order valence-electron chi connectivity index (χ4n) is 8.99. The molecule has 0 saturated heterocycles. The Morgan fingerprint density at radius 1 is 0.486 bits per heavy atom. The van der Waals surface area contributed by atoms with Gasteiger partial charge in [0, 0.05) is 36.7 Å². The molecule has 4 amide bonds. The zero-order valence-corrected chi connectivity index (χ0v) is 39.9. The van der Waals surface area contributed by atoms with Crippen LogP contribution >= 0.6 is 0 Å². The Labute approximate surface area is 407 Å². The predicted molar refractivity (Wildman–Crippen MR) is 266 cm³/mol. The molecule has 362 valence electrons. The van der Waals surface area contributed by atoms with Crippen molar-refractivity contribution in [2.75, 3.05) is 53.9 Å².